The molecule has 8 aromatic carbocycles. The Bertz CT molecular complexity index is 3950. The van der Waals surface area contributed by atoms with Crippen molar-refractivity contribution in [2.45, 2.75) is 264 Å². The number of benzene rings is 8. The molecule has 0 aliphatic carbocycles. The van der Waals surface area contributed by atoms with Gasteiger partial charge in [0, 0.05) is 80.7 Å². The average molecular weight is 1580 g/mol. The van der Waals surface area contributed by atoms with E-state index in [-0.39, 0.29) is 93.4 Å². The van der Waals surface area contributed by atoms with Crippen LogP contribution in [0.25, 0.3) is 0 Å². The van der Waals surface area contributed by atoms with Crippen molar-refractivity contribution >= 4 is 126 Å². The van der Waals surface area contributed by atoms with Gasteiger partial charge in [0.15, 0.2) is 0 Å². The first kappa shape index (κ1) is 97.7. The second-order valence-corrected chi connectivity index (χ2v) is 40.6. The first-order valence-electron chi connectivity index (χ1n) is 35.7. The molecule has 8 nitrogen and oxygen atoms in total. The molecule has 0 radical (unpaired) electrons. The third-order valence-corrected chi connectivity index (χ3v) is 22.5. The van der Waals surface area contributed by atoms with Gasteiger partial charge in [0.25, 0.3) is 0 Å². The summed E-state index contributed by atoms with van der Waals surface area (Å²) < 4.78 is 0. The number of aryl methyl sites for hydroxylation is 4. The topological polar surface area (TPSA) is 129 Å². The highest BCUT2D eigenvalue weighted by Crippen LogP contribution is 2.38. The molecule has 0 saturated carbocycles. The molecule has 4 atom stereocenters. The number of rotatable bonds is 16. The molecule has 8 N–H and O–H groups in total. The molecule has 16 heteroatoms. The van der Waals surface area contributed by atoms with E-state index < -0.39 is 0 Å². The minimum absolute atomic E-state index is 0. The summed E-state index contributed by atoms with van der Waals surface area (Å²) in [5, 5.41) is 66.5. The van der Waals surface area contributed by atoms with Crippen molar-refractivity contribution in [3.05, 3.63) is 212 Å². The maximum absolute atomic E-state index is 11.1. The number of hydrogen-bond donors (Lipinski definition) is 8. The zero-order valence-corrected chi connectivity index (χ0v) is 75.4. The van der Waals surface area contributed by atoms with Gasteiger partial charge in [-0.25, -0.2) is 0 Å². The van der Waals surface area contributed by atoms with Gasteiger partial charge in [0.1, 0.15) is 23.0 Å². The fourth-order valence-electron chi connectivity index (χ4n) is 10.8. The highest BCUT2D eigenvalue weighted by atomic mass is 35.5. The Labute approximate surface area is 662 Å². The predicted molar refractivity (Wildman–Crippen MR) is 478 cm³/mol. The molecule has 8 aromatic rings. The van der Waals surface area contributed by atoms with Gasteiger partial charge in [-0.3, -0.25) is 0 Å². The zero-order chi connectivity index (χ0) is 75.3. The molecule has 0 amide bonds. The van der Waals surface area contributed by atoms with Crippen LogP contribution < -0.4 is 63.7 Å². The Kier molecular flexibility index (Phi) is 38.4. The third-order valence-electron chi connectivity index (χ3n) is 16.8. The van der Waals surface area contributed by atoms with E-state index >= 15 is 0 Å². The van der Waals surface area contributed by atoms with Gasteiger partial charge < -0.3 is 41.7 Å². The summed E-state index contributed by atoms with van der Waals surface area (Å²) in [5.41, 5.74) is 14.4. The summed E-state index contributed by atoms with van der Waals surface area (Å²) in [6.45, 7) is 64.0. The second kappa shape index (κ2) is 40.9. The molecule has 8 rings (SSSR count). The maximum atomic E-state index is 11.1. The van der Waals surface area contributed by atoms with Crippen LogP contribution in [0.15, 0.2) is 146 Å². The minimum atomic E-state index is -0.0993. The van der Waals surface area contributed by atoms with Crippen molar-refractivity contribution in [1.82, 2.24) is 21.3 Å². The number of phenolic OH excluding ortho intramolecular Hbond substituents is 4. The van der Waals surface area contributed by atoms with Crippen molar-refractivity contribution < 1.29 is 20.4 Å². The van der Waals surface area contributed by atoms with Crippen molar-refractivity contribution in [2.24, 2.45) is 0 Å². The van der Waals surface area contributed by atoms with Crippen LogP contribution in [0.5, 0.6) is 23.0 Å². The van der Waals surface area contributed by atoms with Gasteiger partial charge in [0.2, 0.25) is 0 Å². The van der Waals surface area contributed by atoms with E-state index in [0.717, 1.165) is 69.7 Å². The van der Waals surface area contributed by atoms with Gasteiger partial charge in [-0.05, 0) is 234 Å². The fourth-order valence-corrected chi connectivity index (χ4v) is 16.2. The molecule has 0 fully saturated rings. The number of nitrogens with one attached hydrogen (secondary N) is 4. The molecule has 0 spiro atoms. The number of aromatic hydroxyl groups is 4. The van der Waals surface area contributed by atoms with Crippen LogP contribution in [0.4, 0.5) is 0 Å². The molecular formula is C88H132Cl4N4O4P4. The van der Waals surface area contributed by atoms with Crippen LogP contribution in [0.2, 0.25) is 0 Å². The molecular weight excluding hydrogens is 1440 g/mol. The highest BCUT2D eigenvalue weighted by Gasteiger charge is 2.27. The summed E-state index contributed by atoms with van der Waals surface area (Å²) in [4.78, 5) is 0. The summed E-state index contributed by atoms with van der Waals surface area (Å²) in [7, 11) is 1.80. The number of hydrogen-bond acceptors (Lipinski definition) is 8. The van der Waals surface area contributed by atoms with Crippen molar-refractivity contribution in [3.8, 4) is 23.0 Å². The van der Waals surface area contributed by atoms with Gasteiger partial charge >= 0.3 is 0 Å². The quantitative estimate of drug-likeness (QED) is 0.0449. The SMILES string of the molecule is CC(C)(C)NCc1ccccc1Pc1cc(C(C)(C)C)cc(C(C)(C)C)c1O.Cc1cc(C(C)(C)C)cc(Pc2ccccc2CNC(C)(C)C)c1O.Cc1cc(C)c(O)c(Pc2ccccc2CNC(C)(C)C)c1.Cc1cc(Pc2ccccc2CNC(C)(C)C)c(O)c(C(C)(C)C)c1.Cl.Cl.Cl.Cl. The van der Waals surface area contributed by atoms with Crippen molar-refractivity contribution in [1.29, 1.82) is 0 Å². The molecule has 104 heavy (non-hydrogen) atoms. The van der Waals surface area contributed by atoms with Gasteiger partial charge in [-0.1, -0.05) is 239 Å². The maximum Gasteiger partial charge on any atom is 0.127 e. The third kappa shape index (κ3) is 32.5. The van der Waals surface area contributed by atoms with Crippen molar-refractivity contribution in [2.75, 3.05) is 0 Å². The largest absolute Gasteiger partial charge is 0.507 e. The predicted octanol–water partition coefficient (Wildman–Crippen LogP) is 19.7. The Morgan fingerprint density at radius 1 is 0.260 bits per heavy atom. The lowest BCUT2D eigenvalue weighted by molar-refractivity contribution is 0.424. The van der Waals surface area contributed by atoms with Crippen LogP contribution in [0.1, 0.15) is 233 Å². The van der Waals surface area contributed by atoms with E-state index in [1.54, 1.807) is 0 Å². The first-order chi connectivity index (χ1) is 45.9. The van der Waals surface area contributed by atoms with E-state index in [1.165, 1.54) is 65.7 Å². The van der Waals surface area contributed by atoms with E-state index in [0.29, 0.717) is 57.3 Å². The Morgan fingerprint density at radius 2 is 0.490 bits per heavy atom. The summed E-state index contributed by atoms with van der Waals surface area (Å²) >= 11 is 0. The van der Waals surface area contributed by atoms with Gasteiger partial charge in [-0.15, -0.1) is 49.6 Å². The van der Waals surface area contributed by atoms with Crippen LogP contribution in [-0.2, 0) is 47.8 Å². The fraction of sp³-hybridized carbons (Fsp3) is 0.455. The normalized spacial score (nSPS) is 12.4. The monoisotopic (exact) mass is 1570 g/mol. The number of halogens is 4. The Hall–Kier alpha value is -4.32. The number of phenols is 4. The smallest absolute Gasteiger partial charge is 0.127 e. The van der Waals surface area contributed by atoms with E-state index in [1.807, 2.05) is 19.9 Å². The van der Waals surface area contributed by atoms with E-state index in [4.69, 9.17) is 0 Å². The molecule has 0 aliphatic rings. The summed E-state index contributed by atoms with van der Waals surface area (Å²) in [6.07, 6.45) is 0. The van der Waals surface area contributed by atoms with Gasteiger partial charge in [0.05, 0.1) is 0 Å². The molecule has 576 valence electrons. The minimum Gasteiger partial charge on any atom is -0.507 e. The molecule has 0 aromatic heterocycles. The Morgan fingerprint density at radius 3 is 0.769 bits per heavy atom. The average Bonchev–Trinajstić information content (AvgIpc) is 0.807. The molecule has 0 heterocycles. The zero-order valence-electron chi connectivity index (χ0n) is 68.1. The lowest BCUT2D eigenvalue weighted by Gasteiger charge is -2.28. The van der Waals surface area contributed by atoms with E-state index in [9.17, 15) is 20.4 Å². The summed E-state index contributed by atoms with van der Waals surface area (Å²) in [5.74, 6) is 1.78. The van der Waals surface area contributed by atoms with Gasteiger partial charge in [-0.2, -0.15) is 0 Å². The second-order valence-electron chi connectivity index (χ2n) is 35.3. The van der Waals surface area contributed by atoms with Crippen LogP contribution in [0.3, 0.4) is 0 Å². The lowest BCUT2D eigenvalue weighted by atomic mass is 9.80. The highest BCUT2D eigenvalue weighted by molar-refractivity contribution is 7.57. The van der Waals surface area contributed by atoms with E-state index in [2.05, 4.69) is 341 Å². The van der Waals surface area contributed by atoms with Crippen LogP contribution in [-0.4, -0.2) is 42.6 Å². The van der Waals surface area contributed by atoms with Crippen LogP contribution >= 0.6 is 84.0 Å². The molecule has 0 bridgehead atoms. The molecule has 0 saturated heterocycles. The standard InChI is InChI=1S/C25H38NOP.2C22H32NOP.C19H26NOP.4ClH/c1-23(2,3)18-14-19(24(4,5)6)22(27)21(15-18)28-20-13-11-10-12-17(20)16-26-25(7,8)9;1-15-12-17(21(2,3)4)13-19(20(15)24)25-18-11-9-8-10-16(18)14-23-22(5,6)7;1-15-12-17(21(2,3)4)20(24)19(13-15)25-18-11-9-8-10-16(18)14-23-22(5,6)7;1-13-10-14(2)18(21)17(11-13)22-16-9-7-6-8-15(16)12-20-19(3,4)5;;;;/h10-15,26-28H,16H2,1-9H3;2*8-13,23-25H,14H2,1-7H3;6-11,20-22H,12H2,1-5H3;4*1H. The molecule has 0 aliphatic heterocycles. The summed E-state index contributed by atoms with van der Waals surface area (Å²) in [6, 6.07) is 51.1. The van der Waals surface area contributed by atoms with Crippen molar-refractivity contribution in [3.63, 3.8) is 0 Å². The molecule has 4 unspecified atom stereocenters. The first-order valence-corrected chi connectivity index (χ1v) is 39.7. The lowest BCUT2D eigenvalue weighted by Crippen LogP contribution is -2.36. The Balaban J connectivity index is 0.000000687. The van der Waals surface area contributed by atoms with Crippen LogP contribution in [0, 0.1) is 27.7 Å².